The van der Waals surface area contributed by atoms with E-state index in [1.165, 1.54) is 5.56 Å². The summed E-state index contributed by atoms with van der Waals surface area (Å²) in [6.45, 7) is 9.67. The van der Waals surface area contributed by atoms with E-state index in [0.717, 1.165) is 45.9 Å². The first-order chi connectivity index (χ1) is 9.22. The van der Waals surface area contributed by atoms with E-state index in [1.807, 2.05) is 0 Å². The van der Waals surface area contributed by atoms with E-state index < -0.39 is 0 Å². The molecule has 1 rings (SSSR count). The Morgan fingerprint density at radius 3 is 2.84 bits per heavy atom. The van der Waals surface area contributed by atoms with Gasteiger partial charge in [0.25, 0.3) is 0 Å². The summed E-state index contributed by atoms with van der Waals surface area (Å²) in [5, 5.41) is 3.45. The van der Waals surface area contributed by atoms with Crippen molar-refractivity contribution in [3.05, 3.63) is 24.0 Å². The molecule has 0 aliphatic rings. The van der Waals surface area contributed by atoms with E-state index in [0.29, 0.717) is 5.92 Å². The van der Waals surface area contributed by atoms with Crippen LogP contribution in [0.15, 0.2) is 18.5 Å². The number of hydrogen-bond donors (Lipinski definition) is 1. The monoisotopic (exact) mass is 268 g/mol. The molecule has 1 N–H and O–H groups in total. The molecule has 0 aliphatic heterocycles. The van der Waals surface area contributed by atoms with E-state index in [-0.39, 0.29) is 0 Å². The maximum atomic E-state index is 5.55. The second-order valence-corrected chi connectivity index (χ2v) is 5.24. The number of hydrogen-bond acceptors (Lipinski definition) is 3. The number of methoxy groups -OCH3 is 1. The zero-order valence-corrected chi connectivity index (χ0v) is 12.5. The molecule has 0 amide bonds. The molecule has 1 heterocycles. The number of nitrogens with zero attached hydrogens (tertiary/aromatic N) is 1. The molecule has 0 bridgehead atoms. The number of rotatable bonds is 11. The lowest BCUT2D eigenvalue weighted by molar-refractivity contribution is 0.0977. The standard InChI is InChI=1S/C15H28N2O2/c1-14(2)11-16-12-15-5-6-17(13-15)7-10-19-9-4-8-18-3/h5-6,13-14,16H,4,7-12H2,1-3H3. The summed E-state index contributed by atoms with van der Waals surface area (Å²) in [6, 6.07) is 2.16. The Hall–Kier alpha value is -0.840. The molecule has 0 fully saturated rings. The first-order valence-electron chi connectivity index (χ1n) is 7.14. The molecule has 4 nitrogen and oxygen atoms in total. The summed E-state index contributed by atoms with van der Waals surface area (Å²) in [6.07, 6.45) is 5.27. The lowest BCUT2D eigenvalue weighted by Crippen LogP contribution is -2.18. The molecule has 4 heteroatoms. The van der Waals surface area contributed by atoms with Crippen LogP contribution in [0.4, 0.5) is 0 Å². The first-order valence-corrected chi connectivity index (χ1v) is 7.14. The fourth-order valence-electron chi connectivity index (χ4n) is 1.82. The zero-order chi connectivity index (χ0) is 13.9. The van der Waals surface area contributed by atoms with Gasteiger partial charge in [0, 0.05) is 45.8 Å². The van der Waals surface area contributed by atoms with E-state index in [1.54, 1.807) is 7.11 Å². The number of nitrogens with one attached hydrogen (secondary N) is 1. The van der Waals surface area contributed by atoms with Crippen molar-refractivity contribution in [3.8, 4) is 0 Å². The highest BCUT2D eigenvalue weighted by molar-refractivity contribution is 5.09. The maximum absolute atomic E-state index is 5.55. The summed E-state index contributed by atoms with van der Waals surface area (Å²) in [5.41, 5.74) is 1.33. The third-order valence-corrected chi connectivity index (χ3v) is 2.82. The summed E-state index contributed by atoms with van der Waals surface area (Å²) < 4.78 is 12.7. The van der Waals surface area contributed by atoms with Gasteiger partial charge < -0.3 is 19.4 Å². The molecule has 1 aromatic heterocycles. The van der Waals surface area contributed by atoms with Crippen molar-refractivity contribution >= 4 is 0 Å². The van der Waals surface area contributed by atoms with Crippen LogP contribution in [-0.2, 0) is 22.6 Å². The molecule has 110 valence electrons. The second kappa shape index (κ2) is 10.0. The zero-order valence-electron chi connectivity index (χ0n) is 12.5. The average Bonchev–Trinajstić information content (AvgIpc) is 2.81. The minimum absolute atomic E-state index is 0.697. The highest BCUT2D eigenvalue weighted by atomic mass is 16.5. The molecule has 0 aromatic carbocycles. The van der Waals surface area contributed by atoms with Gasteiger partial charge in [0.2, 0.25) is 0 Å². The maximum Gasteiger partial charge on any atom is 0.0645 e. The lowest BCUT2D eigenvalue weighted by atomic mass is 10.2. The van der Waals surface area contributed by atoms with Gasteiger partial charge in [-0.15, -0.1) is 0 Å². The summed E-state index contributed by atoms with van der Waals surface area (Å²) in [7, 11) is 1.72. The Morgan fingerprint density at radius 1 is 1.26 bits per heavy atom. The van der Waals surface area contributed by atoms with Crippen LogP contribution in [0.25, 0.3) is 0 Å². The Balaban J connectivity index is 2.09. The van der Waals surface area contributed by atoms with Gasteiger partial charge in [-0.1, -0.05) is 13.8 Å². The van der Waals surface area contributed by atoms with Crippen LogP contribution in [0.1, 0.15) is 25.8 Å². The number of ether oxygens (including phenoxy) is 2. The third-order valence-electron chi connectivity index (χ3n) is 2.82. The van der Waals surface area contributed by atoms with Crippen molar-refractivity contribution in [3.63, 3.8) is 0 Å². The largest absolute Gasteiger partial charge is 0.385 e. The molecule has 0 saturated carbocycles. The van der Waals surface area contributed by atoms with E-state index in [9.17, 15) is 0 Å². The van der Waals surface area contributed by atoms with E-state index >= 15 is 0 Å². The van der Waals surface area contributed by atoms with Crippen molar-refractivity contribution in [2.24, 2.45) is 5.92 Å². The quantitative estimate of drug-likeness (QED) is 0.625. The fourth-order valence-corrected chi connectivity index (χ4v) is 1.82. The SMILES string of the molecule is COCCCOCCn1ccc(CNCC(C)C)c1. The summed E-state index contributed by atoms with van der Waals surface area (Å²) in [5.74, 6) is 0.697. The van der Waals surface area contributed by atoms with Crippen molar-refractivity contribution in [2.45, 2.75) is 33.4 Å². The highest BCUT2D eigenvalue weighted by Crippen LogP contribution is 2.01. The predicted molar refractivity (Wildman–Crippen MR) is 78.3 cm³/mol. The topological polar surface area (TPSA) is 35.4 Å². The van der Waals surface area contributed by atoms with Gasteiger partial charge >= 0.3 is 0 Å². The van der Waals surface area contributed by atoms with Gasteiger partial charge in [0.1, 0.15) is 0 Å². The molecule has 0 saturated heterocycles. The second-order valence-electron chi connectivity index (χ2n) is 5.24. The van der Waals surface area contributed by atoms with Gasteiger partial charge in [-0.25, -0.2) is 0 Å². The molecule has 0 atom stereocenters. The highest BCUT2D eigenvalue weighted by Gasteiger charge is 1.98. The Bertz CT molecular complexity index is 324. The van der Waals surface area contributed by atoms with Crippen LogP contribution in [0.3, 0.4) is 0 Å². The Labute approximate surface area is 117 Å². The Morgan fingerprint density at radius 2 is 2.11 bits per heavy atom. The van der Waals surface area contributed by atoms with Crippen molar-refractivity contribution in [1.29, 1.82) is 0 Å². The lowest BCUT2D eigenvalue weighted by Gasteiger charge is -2.06. The smallest absolute Gasteiger partial charge is 0.0645 e. The van der Waals surface area contributed by atoms with Crippen molar-refractivity contribution in [1.82, 2.24) is 9.88 Å². The van der Waals surface area contributed by atoms with Crippen molar-refractivity contribution < 1.29 is 9.47 Å². The van der Waals surface area contributed by atoms with Crippen LogP contribution in [-0.4, -0.2) is 38.0 Å². The van der Waals surface area contributed by atoms with Crippen LogP contribution in [0, 0.1) is 5.92 Å². The van der Waals surface area contributed by atoms with Gasteiger partial charge in [-0.3, -0.25) is 0 Å². The minimum atomic E-state index is 0.697. The third kappa shape index (κ3) is 8.03. The van der Waals surface area contributed by atoms with Crippen molar-refractivity contribution in [2.75, 3.05) is 33.5 Å². The predicted octanol–water partition coefficient (Wildman–Crippen LogP) is 2.29. The van der Waals surface area contributed by atoms with E-state index in [4.69, 9.17) is 9.47 Å². The number of aromatic nitrogens is 1. The molecule has 19 heavy (non-hydrogen) atoms. The molecular weight excluding hydrogens is 240 g/mol. The normalized spacial score (nSPS) is 11.4. The van der Waals surface area contributed by atoms with Crippen LogP contribution >= 0.6 is 0 Å². The van der Waals surface area contributed by atoms with Crippen LogP contribution in [0.2, 0.25) is 0 Å². The van der Waals surface area contributed by atoms with Gasteiger partial charge in [0.15, 0.2) is 0 Å². The summed E-state index contributed by atoms with van der Waals surface area (Å²) in [4.78, 5) is 0. The molecule has 0 unspecified atom stereocenters. The average molecular weight is 268 g/mol. The van der Waals surface area contributed by atoms with E-state index in [2.05, 4.69) is 42.2 Å². The minimum Gasteiger partial charge on any atom is -0.385 e. The molecule has 0 radical (unpaired) electrons. The molecule has 0 aliphatic carbocycles. The van der Waals surface area contributed by atoms with Gasteiger partial charge in [-0.05, 0) is 30.5 Å². The Kier molecular flexibility index (Phi) is 8.54. The van der Waals surface area contributed by atoms with Crippen LogP contribution < -0.4 is 5.32 Å². The van der Waals surface area contributed by atoms with Gasteiger partial charge in [0.05, 0.1) is 6.61 Å². The molecule has 0 spiro atoms. The molecular formula is C15H28N2O2. The molecule has 1 aromatic rings. The first kappa shape index (κ1) is 16.2. The summed E-state index contributed by atoms with van der Waals surface area (Å²) >= 11 is 0. The van der Waals surface area contributed by atoms with Gasteiger partial charge in [-0.2, -0.15) is 0 Å². The van der Waals surface area contributed by atoms with Crippen LogP contribution in [0.5, 0.6) is 0 Å². The fraction of sp³-hybridized carbons (Fsp3) is 0.733.